The van der Waals surface area contributed by atoms with E-state index in [4.69, 9.17) is 0 Å². The van der Waals surface area contributed by atoms with Crippen LogP contribution in [0.4, 0.5) is 26.3 Å². The molecule has 0 rings (SSSR count). The molecular weight excluding hydrogens is 241 g/mol. The third-order valence-electron chi connectivity index (χ3n) is 1.20. The molecule has 9 heteroatoms. The van der Waals surface area contributed by atoms with Crippen molar-refractivity contribution < 1.29 is 35.9 Å². The van der Waals surface area contributed by atoms with Gasteiger partial charge in [0.2, 0.25) is 0 Å². The fourth-order valence-corrected chi connectivity index (χ4v) is 0.582. The standard InChI is InChI=1S/C5H3ClF6O2/c6-1-14-3(13)4(9,2(7)8)5(10,11)12/h2H,1H2. The van der Waals surface area contributed by atoms with Gasteiger partial charge in [0.25, 0.3) is 6.43 Å². The molecule has 84 valence electrons. The lowest BCUT2D eigenvalue weighted by Gasteiger charge is -2.24. The van der Waals surface area contributed by atoms with Crippen molar-refractivity contribution in [3.05, 3.63) is 0 Å². The number of halogens is 7. The Bertz CT molecular complexity index is 217. The molecule has 0 amide bonds. The summed E-state index contributed by atoms with van der Waals surface area (Å²) in [7, 11) is 0. The Morgan fingerprint density at radius 3 is 1.93 bits per heavy atom. The highest BCUT2D eigenvalue weighted by atomic mass is 35.5. The fourth-order valence-electron chi connectivity index (χ4n) is 0.483. The second kappa shape index (κ2) is 4.24. The monoisotopic (exact) mass is 244 g/mol. The van der Waals surface area contributed by atoms with Crippen LogP contribution in [0.1, 0.15) is 0 Å². The maximum absolute atomic E-state index is 12.6. The Balaban J connectivity index is 5.01. The minimum atomic E-state index is -6.05. The van der Waals surface area contributed by atoms with Crippen molar-refractivity contribution in [3.8, 4) is 0 Å². The van der Waals surface area contributed by atoms with Gasteiger partial charge in [-0.1, -0.05) is 11.6 Å². The first-order chi connectivity index (χ1) is 6.17. The highest BCUT2D eigenvalue weighted by Gasteiger charge is 2.69. The summed E-state index contributed by atoms with van der Waals surface area (Å²) in [5.74, 6) is -2.75. The van der Waals surface area contributed by atoms with Crippen LogP contribution in [-0.2, 0) is 9.53 Å². The quantitative estimate of drug-likeness (QED) is 0.432. The van der Waals surface area contributed by atoms with Gasteiger partial charge in [0, 0.05) is 0 Å². The molecule has 0 heterocycles. The van der Waals surface area contributed by atoms with Crippen LogP contribution >= 0.6 is 11.6 Å². The second-order valence-electron chi connectivity index (χ2n) is 2.05. The van der Waals surface area contributed by atoms with Gasteiger partial charge in [-0.3, -0.25) is 0 Å². The molecule has 0 aliphatic rings. The summed E-state index contributed by atoms with van der Waals surface area (Å²) in [5, 5.41) is 0. The van der Waals surface area contributed by atoms with E-state index in [2.05, 4.69) is 16.3 Å². The van der Waals surface area contributed by atoms with Crippen LogP contribution in [0, 0.1) is 0 Å². The van der Waals surface area contributed by atoms with E-state index in [1.54, 1.807) is 0 Å². The number of carbonyl (C=O) groups excluding carboxylic acids is 1. The summed E-state index contributed by atoms with van der Waals surface area (Å²) < 4.78 is 74.6. The van der Waals surface area contributed by atoms with Crippen molar-refractivity contribution in [1.29, 1.82) is 0 Å². The van der Waals surface area contributed by atoms with Crippen LogP contribution in [0.3, 0.4) is 0 Å². The summed E-state index contributed by atoms with van der Waals surface area (Å²) >= 11 is 4.64. The van der Waals surface area contributed by atoms with Crippen molar-refractivity contribution in [2.24, 2.45) is 0 Å². The van der Waals surface area contributed by atoms with Crippen molar-refractivity contribution in [1.82, 2.24) is 0 Å². The zero-order valence-corrected chi connectivity index (χ0v) is 7.00. The number of carbonyl (C=O) groups is 1. The minimum Gasteiger partial charge on any atom is -0.447 e. The molecular formula is C5H3ClF6O2. The molecule has 1 atom stereocenters. The maximum Gasteiger partial charge on any atom is 0.439 e. The predicted molar refractivity (Wildman–Crippen MR) is 32.7 cm³/mol. The van der Waals surface area contributed by atoms with Gasteiger partial charge < -0.3 is 4.74 Å². The Kier molecular flexibility index (Phi) is 4.04. The van der Waals surface area contributed by atoms with Crippen molar-refractivity contribution in [3.63, 3.8) is 0 Å². The van der Waals surface area contributed by atoms with Crippen LogP contribution < -0.4 is 0 Å². The van der Waals surface area contributed by atoms with E-state index in [1.807, 2.05) is 0 Å². The zero-order valence-electron chi connectivity index (χ0n) is 6.25. The lowest BCUT2D eigenvalue weighted by Crippen LogP contribution is -2.54. The average molecular weight is 245 g/mol. The third kappa shape index (κ3) is 2.23. The van der Waals surface area contributed by atoms with Crippen molar-refractivity contribution in [2.75, 3.05) is 6.07 Å². The molecule has 0 radical (unpaired) electrons. The molecule has 14 heavy (non-hydrogen) atoms. The number of alkyl halides is 7. The van der Waals surface area contributed by atoms with Gasteiger partial charge in [0.05, 0.1) is 0 Å². The van der Waals surface area contributed by atoms with E-state index in [1.165, 1.54) is 0 Å². The molecule has 0 saturated heterocycles. The predicted octanol–water partition coefficient (Wildman–Crippen LogP) is 2.26. The van der Waals surface area contributed by atoms with Crippen molar-refractivity contribution >= 4 is 17.6 Å². The Morgan fingerprint density at radius 1 is 1.29 bits per heavy atom. The molecule has 0 saturated carbocycles. The molecule has 0 bridgehead atoms. The van der Waals surface area contributed by atoms with Crippen molar-refractivity contribution in [2.45, 2.75) is 18.3 Å². The fraction of sp³-hybridized carbons (Fsp3) is 0.800. The largest absolute Gasteiger partial charge is 0.447 e. The number of hydrogen-bond acceptors (Lipinski definition) is 2. The zero-order chi connectivity index (χ0) is 11.6. The molecule has 0 spiro atoms. The first-order valence-electron chi connectivity index (χ1n) is 2.95. The Hall–Kier alpha value is -0.660. The molecule has 0 aromatic carbocycles. The molecule has 0 aromatic heterocycles. The maximum atomic E-state index is 12.6. The highest BCUT2D eigenvalue weighted by Crippen LogP contribution is 2.39. The minimum absolute atomic E-state index is 1.15. The topological polar surface area (TPSA) is 26.3 Å². The van der Waals surface area contributed by atoms with E-state index in [0.29, 0.717) is 0 Å². The van der Waals surface area contributed by atoms with Gasteiger partial charge in [-0.15, -0.1) is 0 Å². The lowest BCUT2D eigenvalue weighted by atomic mass is 10.1. The van der Waals surface area contributed by atoms with Gasteiger partial charge in [-0.05, 0) is 0 Å². The lowest BCUT2D eigenvalue weighted by molar-refractivity contribution is -0.267. The van der Waals surface area contributed by atoms with Gasteiger partial charge in [-0.2, -0.15) is 13.2 Å². The summed E-state index contributed by atoms with van der Waals surface area (Å²) in [6.45, 7) is 0. The number of rotatable bonds is 3. The highest BCUT2D eigenvalue weighted by molar-refractivity contribution is 6.17. The molecule has 0 aliphatic heterocycles. The summed E-state index contributed by atoms with van der Waals surface area (Å²) in [5.41, 5.74) is -5.33. The van der Waals surface area contributed by atoms with Crippen LogP contribution in [0.2, 0.25) is 0 Å². The van der Waals surface area contributed by atoms with Gasteiger partial charge in [0.15, 0.2) is 6.07 Å². The Labute approximate surface area is 78.8 Å². The van der Waals surface area contributed by atoms with Crippen LogP contribution in [-0.4, -0.2) is 30.3 Å². The third-order valence-corrected chi connectivity index (χ3v) is 1.31. The van der Waals surface area contributed by atoms with E-state index < -0.39 is 30.3 Å². The van der Waals surface area contributed by atoms with Gasteiger partial charge in [0.1, 0.15) is 0 Å². The number of hydrogen-bond donors (Lipinski definition) is 0. The molecule has 0 aliphatic carbocycles. The molecule has 0 N–H and O–H groups in total. The average Bonchev–Trinajstić information content (AvgIpc) is 2.00. The molecule has 2 nitrogen and oxygen atoms in total. The van der Waals surface area contributed by atoms with E-state index in [0.717, 1.165) is 0 Å². The normalized spacial score (nSPS) is 16.6. The molecule has 0 aromatic rings. The summed E-state index contributed by atoms with van der Waals surface area (Å²) in [6, 6.07) is -1.15. The molecule has 1 unspecified atom stereocenters. The van der Waals surface area contributed by atoms with E-state index in [9.17, 15) is 31.1 Å². The Morgan fingerprint density at radius 2 is 1.71 bits per heavy atom. The molecule has 0 fully saturated rings. The van der Waals surface area contributed by atoms with E-state index >= 15 is 0 Å². The van der Waals surface area contributed by atoms with Gasteiger partial charge in [-0.25, -0.2) is 18.0 Å². The SMILES string of the molecule is O=C(OCCl)C(F)(C(F)F)C(F)(F)F. The van der Waals surface area contributed by atoms with Crippen LogP contribution in [0.25, 0.3) is 0 Å². The van der Waals surface area contributed by atoms with Crippen LogP contribution in [0.5, 0.6) is 0 Å². The smallest absolute Gasteiger partial charge is 0.439 e. The van der Waals surface area contributed by atoms with Crippen LogP contribution in [0.15, 0.2) is 0 Å². The summed E-state index contributed by atoms with van der Waals surface area (Å²) in [4.78, 5) is 10.3. The first kappa shape index (κ1) is 13.3. The number of esters is 1. The van der Waals surface area contributed by atoms with Gasteiger partial charge >= 0.3 is 17.8 Å². The summed E-state index contributed by atoms with van der Waals surface area (Å²) in [6.07, 6.45) is -10.6. The second-order valence-corrected chi connectivity index (χ2v) is 2.27. The van der Waals surface area contributed by atoms with E-state index in [-0.39, 0.29) is 0 Å². The first-order valence-corrected chi connectivity index (χ1v) is 3.48. The number of ether oxygens (including phenoxy) is 1.